The summed E-state index contributed by atoms with van der Waals surface area (Å²) in [7, 11) is 1.81. The van der Waals surface area contributed by atoms with Crippen LogP contribution in [0.2, 0.25) is 0 Å². The Hall–Kier alpha value is -1.75. The molecule has 0 aliphatic carbocycles. The van der Waals surface area contributed by atoms with Crippen molar-refractivity contribution in [1.82, 2.24) is 14.5 Å². The molecule has 2 rings (SSSR count). The van der Waals surface area contributed by atoms with Crippen LogP contribution in [0, 0.1) is 20.8 Å². The minimum Gasteiger partial charge on any atom is -0.336 e. The highest BCUT2D eigenvalue weighted by atomic mass is 32.1. The molecule has 0 saturated heterocycles. The van der Waals surface area contributed by atoms with Crippen molar-refractivity contribution in [3.63, 3.8) is 0 Å². The first-order valence-corrected chi connectivity index (χ1v) is 6.87. The zero-order valence-corrected chi connectivity index (χ0v) is 12.4. The summed E-state index contributed by atoms with van der Waals surface area (Å²) in [6.07, 6.45) is 0. The highest BCUT2D eigenvalue weighted by Gasteiger charge is 2.16. The smallest absolute Gasteiger partial charge is 0.254 e. The number of hydrogen-bond acceptors (Lipinski definition) is 4. The maximum Gasteiger partial charge on any atom is 0.254 e. The Balaban J connectivity index is 2.19. The van der Waals surface area contributed by atoms with Crippen molar-refractivity contribution in [2.24, 2.45) is 0 Å². The SMILES string of the molecule is Cc1ccc(C)c(C(=O)N(C)Cc2snnc2C)c1. The van der Waals surface area contributed by atoms with Crippen LogP contribution in [0.1, 0.15) is 32.1 Å². The van der Waals surface area contributed by atoms with Crippen molar-refractivity contribution >= 4 is 17.4 Å². The molecule has 1 heterocycles. The van der Waals surface area contributed by atoms with E-state index in [-0.39, 0.29) is 5.91 Å². The summed E-state index contributed by atoms with van der Waals surface area (Å²) in [6.45, 7) is 6.41. The van der Waals surface area contributed by atoms with Crippen LogP contribution in [0.5, 0.6) is 0 Å². The summed E-state index contributed by atoms with van der Waals surface area (Å²) in [4.78, 5) is 15.2. The van der Waals surface area contributed by atoms with E-state index in [0.717, 1.165) is 27.3 Å². The molecule has 1 aromatic carbocycles. The van der Waals surface area contributed by atoms with Crippen LogP contribution < -0.4 is 0 Å². The molecule has 0 radical (unpaired) electrons. The predicted octanol–water partition coefficient (Wildman–Crippen LogP) is 2.74. The Bertz CT molecular complexity index is 606. The largest absolute Gasteiger partial charge is 0.336 e. The number of carbonyl (C=O) groups is 1. The predicted molar refractivity (Wildman–Crippen MR) is 76.4 cm³/mol. The lowest BCUT2D eigenvalue weighted by Gasteiger charge is -2.18. The summed E-state index contributed by atoms with van der Waals surface area (Å²) in [6, 6.07) is 5.94. The van der Waals surface area contributed by atoms with Gasteiger partial charge in [-0.25, -0.2) is 0 Å². The second-order valence-electron chi connectivity index (χ2n) is 4.76. The molecule has 1 aromatic heterocycles. The van der Waals surface area contributed by atoms with Gasteiger partial charge in [0.05, 0.1) is 17.1 Å². The molecule has 0 atom stereocenters. The van der Waals surface area contributed by atoms with Crippen LogP contribution in [-0.2, 0) is 6.54 Å². The highest BCUT2D eigenvalue weighted by molar-refractivity contribution is 7.05. The van der Waals surface area contributed by atoms with Crippen LogP contribution in [0.25, 0.3) is 0 Å². The summed E-state index contributed by atoms with van der Waals surface area (Å²) in [5.74, 6) is 0.0361. The van der Waals surface area contributed by atoms with Crippen LogP contribution in [0.3, 0.4) is 0 Å². The highest BCUT2D eigenvalue weighted by Crippen LogP contribution is 2.16. The fraction of sp³-hybridized carbons (Fsp3) is 0.357. The van der Waals surface area contributed by atoms with Crippen molar-refractivity contribution in [2.75, 3.05) is 7.05 Å². The summed E-state index contributed by atoms with van der Waals surface area (Å²) in [5, 5.41) is 3.96. The molecule has 4 nitrogen and oxygen atoms in total. The summed E-state index contributed by atoms with van der Waals surface area (Å²) < 4.78 is 3.89. The molecule has 0 aliphatic rings. The first-order chi connectivity index (χ1) is 8.99. The number of amides is 1. The van der Waals surface area contributed by atoms with E-state index in [1.165, 1.54) is 11.5 Å². The quantitative estimate of drug-likeness (QED) is 0.865. The van der Waals surface area contributed by atoms with Gasteiger partial charge in [-0.1, -0.05) is 22.2 Å². The Morgan fingerprint density at radius 2 is 2.05 bits per heavy atom. The van der Waals surface area contributed by atoms with E-state index in [2.05, 4.69) is 9.59 Å². The lowest BCUT2D eigenvalue weighted by Crippen LogP contribution is -2.26. The number of aryl methyl sites for hydroxylation is 3. The van der Waals surface area contributed by atoms with E-state index >= 15 is 0 Å². The number of rotatable bonds is 3. The molecule has 0 aliphatic heterocycles. The number of hydrogen-bond donors (Lipinski definition) is 0. The molecular weight excluding hydrogens is 258 g/mol. The van der Waals surface area contributed by atoms with Gasteiger partial charge in [0.2, 0.25) is 0 Å². The molecule has 0 saturated carbocycles. The topological polar surface area (TPSA) is 46.1 Å². The van der Waals surface area contributed by atoms with Crippen LogP contribution in [0.4, 0.5) is 0 Å². The second-order valence-corrected chi connectivity index (χ2v) is 5.60. The van der Waals surface area contributed by atoms with Gasteiger partial charge in [-0.05, 0) is 43.9 Å². The molecule has 0 N–H and O–H groups in total. The zero-order chi connectivity index (χ0) is 14.0. The van der Waals surface area contributed by atoms with Crippen molar-refractivity contribution < 1.29 is 4.79 Å². The van der Waals surface area contributed by atoms with E-state index < -0.39 is 0 Å². The minimum atomic E-state index is 0.0361. The molecule has 5 heteroatoms. The van der Waals surface area contributed by atoms with E-state index in [1.54, 1.807) is 4.90 Å². The summed E-state index contributed by atoms with van der Waals surface area (Å²) >= 11 is 1.34. The molecule has 19 heavy (non-hydrogen) atoms. The van der Waals surface area contributed by atoms with Crippen LogP contribution in [-0.4, -0.2) is 27.4 Å². The van der Waals surface area contributed by atoms with Gasteiger partial charge in [-0.15, -0.1) is 5.10 Å². The Labute approximate surface area is 117 Å². The van der Waals surface area contributed by atoms with Gasteiger partial charge < -0.3 is 4.90 Å². The molecular formula is C14H17N3OS. The van der Waals surface area contributed by atoms with Crippen molar-refractivity contribution in [3.8, 4) is 0 Å². The van der Waals surface area contributed by atoms with Gasteiger partial charge in [0.15, 0.2) is 0 Å². The third-order valence-electron chi connectivity index (χ3n) is 3.10. The molecule has 0 fully saturated rings. The standard InChI is InChI=1S/C14H17N3OS/c1-9-5-6-10(2)12(7-9)14(18)17(4)8-13-11(3)15-16-19-13/h5-7H,8H2,1-4H3. The van der Waals surface area contributed by atoms with Crippen molar-refractivity contribution in [2.45, 2.75) is 27.3 Å². The normalized spacial score (nSPS) is 10.5. The maximum absolute atomic E-state index is 12.4. The van der Waals surface area contributed by atoms with Gasteiger partial charge in [0.1, 0.15) is 0 Å². The number of carbonyl (C=O) groups excluding carboxylic acids is 1. The molecule has 0 spiro atoms. The van der Waals surface area contributed by atoms with Crippen LogP contribution in [0.15, 0.2) is 18.2 Å². The molecule has 2 aromatic rings. The first-order valence-electron chi connectivity index (χ1n) is 6.09. The Morgan fingerprint density at radius 3 is 2.68 bits per heavy atom. The van der Waals surface area contributed by atoms with E-state index in [9.17, 15) is 4.79 Å². The molecule has 0 unspecified atom stereocenters. The molecule has 1 amide bonds. The lowest BCUT2D eigenvalue weighted by atomic mass is 10.0. The molecule has 0 bridgehead atoms. The Kier molecular flexibility index (Phi) is 3.95. The second kappa shape index (κ2) is 5.48. The third-order valence-corrected chi connectivity index (χ3v) is 3.90. The van der Waals surface area contributed by atoms with Crippen LogP contribution >= 0.6 is 11.5 Å². The monoisotopic (exact) mass is 275 g/mol. The number of benzene rings is 1. The first kappa shape index (κ1) is 13.7. The van der Waals surface area contributed by atoms with E-state index in [1.807, 2.05) is 46.0 Å². The average molecular weight is 275 g/mol. The average Bonchev–Trinajstić information content (AvgIpc) is 2.77. The van der Waals surface area contributed by atoms with Crippen molar-refractivity contribution in [1.29, 1.82) is 0 Å². The maximum atomic E-state index is 12.4. The van der Waals surface area contributed by atoms with Gasteiger partial charge in [0, 0.05) is 12.6 Å². The fourth-order valence-electron chi connectivity index (χ4n) is 1.86. The van der Waals surface area contributed by atoms with Crippen molar-refractivity contribution in [3.05, 3.63) is 45.5 Å². The minimum absolute atomic E-state index is 0.0361. The van der Waals surface area contributed by atoms with Gasteiger partial charge >= 0.3 is 0 Å². The lowest BCUT2D eigenvalue weighted by molar-refractivity contribution is 0.0785. The van der Waals surface area contributed by atoms with Gasteiger partial charge in [-0.2, -0.15) is 0 Å². The Morgan fingerprint density at radius 1 is 1.32 bits per heavy atom. The van der Waals surface area contributed by atoms with E-state index in [0.29, 0.717) is 6.54 Å². The van der Waals surface area contributed by atoms with E-state index in [4.69, 9.17) is 0 Å². The third kappa shape index (κ3) is 2.98. The molecule has 100 valence electrons. The summed E-state index contributed by atoms with van der Waals surface area (Å²) in [5.41, 5.74) is 3.75. The van der Waals surface area contributed by atoms with Gasteiger partial charge in [-0.3, -0.25) is 4.79 Å². The van der Waals surface area contributed by atoms with Gasteiger partial charge in [0.25, 0.3) is 5.91 Å². The fourth-order valence-corrected chi connectivity index (χ4v) is 2.54. The number of aromatic nitrogens is 2. The zero-order valence-electron chi connectivity index (χ0n) is 11.6. The number of nitrogens with zero attached hydrogens (tertiary/aromatic N) is 3.